The summed E-state index contributed by atoms with van der Waals surface area (Å²) in [4.78, 5) is 12.3. The Morgan fingerprint density at radius 3 is 2.70 bits per heavy atom. The molecule has 2 aromatic rings. The van der Waals surface area contributed by atoms with Crippen LogP contribution in [0.15, 0.2) is 47.6 Å². The van der Waals surface area contributed by atoms with Gasteiger partial charge in [-0.3, -0.25) is 4.79 Å². The first-order valence-electron chi connectivity index (χ1n) is 8.46. The number of nitrogens with one attached hydrogen (secondary N) is 3. The number of benzene rings is 2. The van der Waals surface area contributed by atoms with Crippen LogP contribution in [-0.4, -0.2) is 29.9 Å². The summed E-state index contributed by atoms with van der Waals surface area (Å²) in [5.74, 6) is -0.213. The molecule has 7 nitrogen and oxygen atoms in total. The quantitative estimate of drug-likeness (QED) is 0.476. The average molecular weight is 372 g/mol. The molecular formula is C19H21FN4O3. The number of nitrogens with zero attached hydrogens (tertiary/aromatic N) is 1. The van der Waals surface area contributed by atoms with Gasteiger partial charge in [0.05, 0.1) is 12.8 Å². The van der Waals surface area contributed by atoms with Crippen molar-refractivity contribution in [3.8, 4) is 11.5 Å². The van der Waals surface area contributed by atoms with Crippen LogP contribution < -0.4 is 21.0 Å². The number of carbonyl (C=O) groups excluding carboxylic acids is 1. The number of amides is 1. The second-order valence-corrected chi connectivity index (χ2v) is 6.24. The Hall–Kier alpha value is -2.97. The number of hydrazone groups is 1. The fourth-order valence-electron chi connectivity index (χ4n) is 2.83. The van der Waals surface area contributed by atoms with Gasteiger partial charge < -0.3 is 9.84 Å². The molecule has 2 unspecified atom stereocenters. The molecule has 1 aliphatic rings. The molecule has 1 saturated heterocycles. The van der Waals surface area contributed by atoms with Crippen molar-refractivity contribution in [1.82, 2.24) is 16.3 Å². The number of ether oxygens (including phenoxy) is 1. The Kier molecular flexibility index (Phi) is 5.68. The molecular weight excluding hydrogens is 351 g/mol. The van der Waals surface area contributed by atoms with E-state index in [9.17, 15) is 14.3 Å². The fraction of sp³-hybridized carbons (Fsp3) is 0.263. The molecule has 27 heavy (non-hydrogen) atoms. The molecule has 1 aliphatic heterocycles. The molecule has 0 bridgehead atoms. The third-order valence-corrected chi connectivity index (χ3v) is 4.42. The zero-order valence-corrected chi connectivity index (χ0v) is 15.0. The van der Waals surface area contributed by atoms with E-state index >= 15 is 0 Å². The Labute approximate surface area is 156 Å². The Balaban J connectivity index is 1.60. The minimum atomic E-state index is -0.467. The monoisotopic (exact) mass is 372 g/mol. The van der Waals surface area contributed by atoms with Crippen LogP contribution in [0.5, 0.6) is 11.5 Å². The van der Waals surface area contributed by atoms with E-state index in [-0.39, 0.29) is 23.5 Å². The van der Waals surface area contributed by atoms with Crippen molar-refractivity contribution < 1.29 is 19.0 Å². The van der Waals surface area contributed by atoms with E-state index in [1.807, 2.05) is 0 Å². The molecule has 0 spiro atoms. The van der Waals surface area contributed by atoms with Crippen LogP contribution in [0.4, 0.5) is 4.39 Å². The van der Waals surface area contributed by atoms with Crippen molar-refractivity contribution in [2.24, 2.45) is 5.10 Å². The summed E-state index contributed by atoms with van der Waals surface area (Å²) in [5.41, 5.74) is 10.7. The largest absolute Gasteiger partial charge is 0.504 e. The number of phenolic OH excluding ortho intramolecular Hbond substituents is 1. The summed E-state index contributed by atoms with van der Waals surface area (Å²) >= 11 is 0. The second kappa shape index (κ2) is 8.15. The standard InChI is InChI=1S/C19H21FN4O3/c1-11(13-5-8-17(25)18(9-13)27-2)21-24-19(26)16-10-15(22-23-16)12-3-6-14(20)7-4-12/h3-9,15-16,22-23,25H,10H2,1-2H3,(H,24,26)/b21-11+. The smallest absolute Gasteiger partial charge is 0.258 e. The van der Waals surface area contributed by atoms with Crippen LogP contribution in [0, 0.1) is 5.82 Å². The molecule has 3 rings (SSSR count). The number of aromatic hydroxyl groups is 1. The summed E-state index contributed by atoms with van der Waals surface area (Å²) in [6, 6.07) is 10.4. The molecule has 0 radical (unpaired) electrons. The molecule has 8 heteroatoms. The highest BCUT2D eigenvalue weighted by atomic mass is 19.1. The predicted octanol–water partition coefficient (Wildman–Crippen LogP) is 1.99. The van der Waals surface area contributed by atoms with E-state index in [2.05, 4.69) is 21.4 Å². The SMILES string of the molecule is COc1cc(/C(C)=N/NC(=O)C2CC(c3ccc(F)cc3)NN2)ccc1O. The molecule has 1 heterocycles. The van der Waals surface area contributed by atoms with E-state index in [1.165, 1.54) is 25.3 Å². The molecule has 1 fully saturated rings. The van der Waals surface area contributed by atoms with Crippen molar-refractivity contribution in [2.45, 2.75) is 25.4 Å². The maximum atomic E-state index is 13.0. The molecule has 4 N–H and O–H groups in total. The summed E-state index contributed by atoms with van der Waals surface area (Å²) in [7, 11) is 1.46. The van der Waals surface area contributed by atoms with Gasteiger partial charge in [0.25, 0.3) is 5.91 Å². The third kappa shape index (κ3) is 4.42. The highest BCUT2D eigenvalue weighted by Crippen LogP contribution is 2.26. The Bertz CT molecular complexity index is 855. The minimum Gasteiger partial charge on any atom is -0.504 e. The number of phenols is 1. The number of hydrazine groups is 1. The first kappa shape index (κ1) is 18.8. The molecule has 2 aromatic carbocycles. The zero-order chi connectivity index (χ0) is 19.4. The predicted molar refractivity (Wildman–Crippen MR) is 98.8 cm³/mol. The number of rotatable bonds is 5. The van der Waals surface area contributed by atoms with Gasteiger partial charge in [0.15, 0.2) is 11.5 Å². The second-order valence-electron chi connectivity index (χ2n) is 6.24. The van der Waals surface area contributed by atoms with Crippen molar-refractivity contribution in [3.05, 3.63) is 59.4 Å². The molecule has 1 amide bonds. The van der Waals surface area contributed by atoms with Gasteiger partial charge in [-0.1, -0.05) is 12.1 Å². The van der Waals surface area contributed by atoms with Crippen LogP contribution in [0.1, 0.15) is 30.5 Å². The van der Waals surface area contributed by atoms with Gasteiger partial charge in [-0.25, -0.2) is 20.7 Å². The van der Waals surface area contributed by atoms with Gasteiger partial charge in [-0.05, 0) is 49.2 Å². The number of methoxy groups -OCH3 is 1. The maximum Gasteiger partial charge on any atom is 0.258 e. The molecule has 0 aliphatic carbocycles. The van der Waals surface area contributed by atoms with E-state index in [1.54, 1.807) is 31.2 Å². The first-order valence-corrected chi connectivity index (χ1v) is 8.46. The van der Waals surface area contributed by atoms with E-state index in [4.69, 9.17) is 4.74 Å². The lowest BCUT2D eigenvalue weighted by Gasteiger charge is -2.10. The van der Waals surface area contributed by atoms with Crippen LogP contribution in [0.2, 0.25) is 0 Å². The maximum absolute atomic E-state index is 13.0. The van der Waals surface area contributed by atoms with Crippen LogP contribution >= 0.6 is 0 Å². The van der Waals surface area contributed by atoms with Gasteiger partial charge >= 0.3 is 0 Å². The fourth-order valence-corrected chi connectivity index (χ4v) is 2.83. The van der Waals surface area contributed by atoms with Gasteiger partial charge in [0.1, 0.15) is 11.9 Å². The highest BCUT2D eigenvalue weighted by Gasteiger charge is 2.30. The third-order valence-electron chi connectivity index (χ3n) is 4.42. The van der Waals surface area contributed by atoms with Gasteiger partial charge in [-0.15, -0.1) is 0 Å². The Morgan fingerprint density at radius 2 is 2.00 bits per heavy atom. The lowest BCUT2D eigenvalue weighted by molar-refractivity contribution is -0.122. The highest BCUT2D eigenvalue weighted by molar-refractivity contribution is 6.00. The lowest BCUT2D eigenvalue weighted by Crippen LogP contribution is -2.41. The van der Waals surface area contributed by atoms with Crippen molar-refractivity contribution >= 4 is 11.6 Å². The van der Waals surface area contributed by atoms with Crippen LogP contribution in [-0.2, 0) is 4.79 Å². The van der Waals surface area contributed by atoms with Crippen molar-refractivity contribution in [1.29, 1.82) is 0 Å². The van der Waals surface area contributed by atoms with Crippen molar-refractivity contribution in [2.75, 3.05) is 7.11 Å². The number of carbonyl (C=O) groups is 1. The summed E-state index contributed by atoms with van der Waals surface area (Å²) in [5, 5.41) is 13.8. The molecule has 2 atom stereocenters. The topological polar surface area (TPSA) is 95.0 Å². The van der Waals surface area contributed by atoms with Crippen LogP contribution in [0.25, 0.3) is 0 Å². The van der Waals surface area contributed by atoms with Crippen molar-refractivity contribution in [3.63, 3.8) is 0 Å². The minimum absolute atomic E-state index is 0.0335. The van der Waals surface area contributed by atoms with E-state index < -0.39 is 6.04 Å². The summed E-state index contributed by atoms with van der Waals surface area (Å²) < 4.78 is 18.1. The van der Waals surface area contributed by atoms with Gasteiger partial charge in [0, 0.05) is 11.6 Å². The zero-order valence-electron chi connectivity index (χ0n) is 15.0. The van der Waals surface area contributed by atoms with E-state index in [0.29, 0.717) is 23.4 Å². The number of hydrogen-bond donors (Lipinski definition) is 4. The summed E-state index contributed by atoms with van der Waals surface area (Å²) in [6.07, 6.45) is 0.513. The first-order chi connectivity index (χ1) is 13.0. The van der Waals surface area contributed by atoms with Gasteiger partial charge in [0.2, 0.25) is 0 Å². The number of halogens is 1. The average Bonchev–Trinajstić information content (AvgIpc) is 3.17. The Morgan fingerprint density at radius 1 is 1.26 bits per heavy atom. The number of hydrogen-bond acceptors (Lipinski definition) is 6. The normalized spacial score (nSPS) is 19.7. The van der Waals surface area contributed by atoms with E-state index in [0.717, 1.165) is 5.56 Å². The van der Waals surface area contributed by atoms with Gasteiger partial charge in [-0.2, -0.15) is 5.10 Å². The lowest BCUT2D eigenvalue weighted by atomic mass is 10.0. The van der Waals surface area contributed by atoms with Crippen LogP contribution in [0.3, 0.4) is 0 Å². The summed E-state index contributed by atoms with van der Waals surface area (Å²) in [6.45, 7) is 1.74. The molecule has 142 valence electrons. The molecule has 0 saturated carbocycles. The molecule has 0 aromatic heterocycles.